The fourth-order valence-electron chi connectivity index (χ4n) is 5.67. The Kier molecular flexibility index (Phi) is 9.19. The van der Waals surface area contributed by atoms with Crippen LogP contribution in [-0.4, -0.2) is 47.2 Å². The number of amides is 1. The molecular weight excluding hydrogens is 496 g/mol. The van der Waals surface area contributed by atoms with Crippen molar-refractivity contribution in [3.63, 3.8) is 0 Å². The molecule has 1 aliphatic rings. The van der Waals surface area contributed by atoms with Gasteiger partial charge in [-0.1, -0.05) is 72.3 Å². The highest BCUT2D eigenvalue weighted by Crippen LogP contribution is 2.31. The van der Waals surface area contributed by atoms with Crippen molar-refractivity contribution in [2.75, 3.05) is 19.6 Å². The number of aryl methyl sites for hydroxylation is 2. The number of nitrogens with zero attached hydrogens (tertiary/aromatic N) is 2. The molecule has 210 valence electrons. The number of nitrogens with one attached hydrogen (secondary N) is 2. The van der Waals surface area contributed by atoms with Crippen LogP contribution in [0.25, 0.3) is 10.9 Å². The lowest BCUT2D eigenvalue weighted by atomic mass is 10.1. The lowest BCUT2D eigenvalue weighted by Gasteiger charge is -2.17. The van der Waals surface area contributed by atoms with Crippen LogP contribution < -0.4 is 15.4 Å². The topological polar surface area (TPSA) is 58.5 Å². The van der Waals surface area contributed by atoms with Gasteiger partial charge >= 0.3 is 0 Å². The van der Waals surface area contributed by atoms with Crippen LogP contribution in [0.1, 0.15) is 53.7 Å². The van der Waals surface area contributed by atoms with Crippen LogP contribution in [0.3, 0.4) is 0 Å². The third kappa shape index (κ3) is 7.12. The number of hydrogen-bond donors (Lipinski definition) is 2. The molecule has 5 rings (SSSR count). The molecule has 0 spiro atoms. The monoisotopic (exact) mass is 538 g/mol. The van der Waals surface area contributed by atoms with Crippen molar-refractivity contribution in [1.82, 2.24) is 20.1 Å². The third-order valence-electron chi connectivity index (χ3n) is 7.53. The molecule has 1 saturated heterocycles. The highest BCUT2D eigenvalue weighted by Gasteiger charge is 2.22. The Bertz CT molecular complexity index is 1410. The Morgan fingerprint density at radius 2 is 1.82 bits per heavy atom. The molecule has 1 amide bonds. The molecule has 4 aromatic rings. The van der Waals surface area contributed by atoms with Gasteiger partial charge in [0.15, 0.2) is 0 Å². The van der Waals surface area contributed by atoms with E-state index in [0.29, 0.717) is 18.2 Å². The van der Waals surface area contributed by atoms with Crippen LogP contribution in [0.5, 0.6) is 5.75 Å². The van der Waals surface area contributed by atoms with E-state index < -0.39 is 0 Å². The van der Waals surface area contributed by atoms with E-state index in [4.69, 9.17) is 4.74 Å². The summed E-state index contributed by atoms with van der Waals surface area (Å²) in [6.07, 6.45) is 4.20. The molecule has 40 heavy (non-hydrogen) atoms. The maximum Gasteiger partial charge on any atom is 0.253 e. The predicted molar refractivity (Wildman–Crippen MR) is 163 cm³/mol. The largest absolute Gasteiger partial charge is 0.489 e. The van der Waals surface area contributed by atoms with Crippen molar-refractivity contribution in [3.8, 4) is 5.75 Å². The van der Waals surface area contributed by atoms with Gasteiger partial charge in [0.2, 0.25) is 0 Å². The van der Waals surface area contributed by atoms with Crippen molar-refractivity contribution in [3.05, 3.63) is 101 Å². The average molecular weight is 539 g/mol. The standard InChI is InChI=1S/C34H42N4O2/c1-25(2)40-32-15-8-14-30-31(34(39)36-21-28-13-7-10-26(3)20-28)24-38(33(30)32)18-9-17-35-29-16-19-37(23-29)22-27-11-5-4-6-12-27/h4-8,10-15,20,24-25,29,35H,9,16-19,21-23H2,1-3H3,(H,36,39). The molecule has 1 aliphatic heterocycles. The van der Waals surface area contributed by atoms with Crippen molar-refractivity contribution < 1.29 is 9.53 Å². The highest BCUT2D eigenvalue weighted by atomic mass is 16.5. The van der Waals surface area contributed by atoms with Gasteiger partial charge in [-0.15, -0.1) is 0 Å². The minimum absolute atomic E-state index is 0.0513. The zero-order valence-electron chi connectivity index (χ0n) is 24.0. The van der Waals surface area contributed by atoms with E-state index in [-0.39, 0.29) is 12.0 Å². The number of carbonyl (C=O) groups is 1. The summed E-state index contributed by atoms with van der Waals surface area (Å²) in [5, 5.41) is 7.82. The van der Waals surface area contributed by atoms with Crippen LogP contribution in [0.4, 0.5) is 0 Å². The SMILES string of the molecule is Cc1cccc(CNC(=O)c2cn(CCCNC3CCN(Cc4ccccc4)C3)c3c(OC(C)C)cccc23)c1. The molecule has 1 atom stereocenters. The van der Waals surface area contributed by atoms with E-state index in [9.17, 15) is 4.79 Å². The second kappa shape index (κ2) is 13.2. The Labute approximate surface area is 238 Å². The number of hydrogen-bond acceptors (Lipinski definition) is 4. The fraction of sp³-hybridized carbons (Fsp3) is 0.382. The number of aromatic nitrogens is 1. The fourth-order valence-corrected chi connectivity index (χ4v) is 5.67. The molecule has 1 aromatic heterocycles. The number of carbonyl (C=O) groups excluding carboxylic acids is 1. The molecule has 3 aromatic carbocycles. The van der Waals surface area contributed by atoms with Gasteiger partial charge in [0.05, 0.1) is 17.2 Å². The van der Waals surface area contributed by atoms with Gasteiger partial charge in [-0.3, -0.25) is 9.69 Å². The predicted octanol–water partition coefficient (Wildman–Crippen LogP) is 5.92. The first-order chi connectivity index (χ1) is 19.5. The van der Waals surface area contributed by atoms with Gasteiger partial charge in [-0.25, -0.2) is 0 Å². The number of likely N-dealkylation sites (tertiary alicyclic amines) is 1. The van der Waals surface area contributed by atoms with E-state index in [1.165, 1.54) is 17.5 Å². The van der Waals surface area contributed by atoms with E-state index in [2.05, 4.69) is 69.5 Å². The molecule has 2 N–H and O–H groups in total. The summed E-state index contributed by atoms with van der Waals surface area (Å²) >= 11 is 0. The van der Waals surface area contributed by atoms with Gasteiger partial charge in [-0.2, -0.15) is 0 Å². The average Bonchev–Trinajstić information content (AvgIpc) is 3.55. The first kappa shape index (κ1) is 27.9. The minimum Gasteiger partial charge on any atom is -0.489 e. The van der Waals surface area contributed by atoms with Crippen LogP contribution in [0.2, 0.25) is 0 Å². The number of ether oxygens (including phenoxy) is 1. The minimum atomic E-state index is -0.0606. The third-order valence-corrected chi connectivity index (χ3v) is 7.53. The lowest BCUT2D eigenvalue weighted by molar-refractivity contribution is 0.0952. The molecular formula is C34H42N4O2. The number of rotatable bonds is 12. The zero-order valence-corrected chi connectivity index (χ0v) is 24.0. The molecule has 0 radical (unpaired) electrons. The Hall–Kier alpha value is -3.61. The molecule has 6 heteroatoms. The molecule has 1 fully saturated rings. The first-order valence-electron chi connectivity index (χ1n) is 14.6. The molecule has 1 unspecified atom stereocenters. The van der Waals surface area contributed by atoms with E-state index in [1.54, 1.807) is 0 Å². The molecule has 0 aliphatic carbocycles. The smallest absolute Gasteiger partial charge is 0.253 e. The van der Waals surface area contributed by atoms with Crippen LogP contribution in [0, 0.1) is 6.92 Å². The van der Waals surface area contributed by atoms with Gasteiger partial charge in [0, 0.05) is 50.3 Å². The highest BCUT2D eigenvalue weighted by molar-refractivity contribution is 6.08. The van der Waals surface area contributed by atoms with Crippen molar-refractivity contribution >= 4 is 16.8 Å². The van der Waals surface area contributed by atoms with E-state index in [0.717, 1.165) is 61.4 Å². The second-order valence-electron chi connectivity index (χ2n) is 11.2. The molecule has 0 saturated carbocycles. The Morgan fingerprint density at radius 3 is 2.62 bits per heavy atom. The van der Waals surface area contributed by atoms with Crippen molar-refractivity contribution in [1.29, 1.82) is 0 Å². The van der Waals surface area contributed by atoms with E-state index in [1.807, 2.05) is 50.4 Å². The summed E-state index contributed by atoms with van der Waals surface area (Å²) in [6, 6.07) is 25.5. The quantitative estimate of drug-likeness (QED) is 0.220. The summed E-state index contributed by atoms with van der Waals surface area (Å²) < 4.78 is 8.38. The van der Waals surface area contributed by atoms with E-state index >= 15 is 0 Å². The summed E-state index contributed by atoms with van der Waals surface area (Å²) in [5.41, 5.74) is 5.35. The van der Waals surface area contributed by atoms with Crippen molar-refractivity contribution in [2.45, 2.75) is 65.4 Å². The van der Waals surface area contributed by atoms with Crippen LogP contribution in [0.15, 0.2) is 79.0 Å². The van der Waals surface area contributed by atoms with Gasteiger partial charge in [-0.05, 0) is 57.4 Å². The van der Waals surface area contributed by atoms with Crippen molar-refractivity contribution in [2.24, 2.45) is 0 Å². The lowest BCUT2D eigenvalue weighted by Crippen LogP contribution is -2.33. The second-order valence-corrected chi connectivity index (χ2v) is 11.2. The maximum atomic E-state index is 13.3. The van der Waals surface area contributed by atoms with Gasteiger partial charge in [0.25, 0.3) is 5.91 Å². The number of para-hydroxylation sites is 1. The Morgan fingerprint density at radius 1 is 1.02 bits per heavy atom. The summed E-state index contributed by atoms with van der Waals surface area (Å²) in [5.74, 6) is 0.764. The maximum absolute atomic E-state index is 13.3. The summed E-state index contributed by atoms with van der Waals surface area (Å²) in [4.78, 5) is 15.9. The molecule has 2 heterocycles. The van der Waals surface area contributed by atoms with Gasteiger partial charge in [0.1, 0.15) is 5.75 Å². The Balaban J connectivity index is 1.22. The normalized spacial score (nSPS) is 15.7. The number of fused-ring (bicyclic) bond motifs is 1. The van der Waals surface area contributed by atoms with Gasteiger partial charge < -0.3 is 19.9 Å². The summed E-state index contributed by atoms with van der Waals surface area (Å²) in [7, 11) is 0. The summed E-state index contributed by atoms with van der Waals surface area (Å²) in [6.45, 7) is 11.6. The molecule has 6 nitrogen and oxygen atoms in total. The van der Waals surface area contributed by atoms with Crippen LogP contribution >= 0.6 is 0 Å². The number of benzene rings is 3. The van der Waals surface area contributed by atoms with Crippen LogP contribution in [-0.2, 0) is 19.6 Å². The zero-order chi connectivity index (χ0) is 27.9. The molecule has 0 bridgehead atoms. The first-order valence-corrected chi connectivity index (χ1v) is 14.6.